The summed E-state index contributed by atoms with van der Waals surface area (Å²) in [6.45, 7) is 2.25. The van der Waals surface area contributed by atoms with Gasteiger partial charge in [-0.25, -0.2) is 8.42 Å². The Morgan fingerprint density at radius 1 is 0.872 bits per heavy atom. The number of benzene rings is 3. The SMILES string of the molecule is CCCCNC(=O)C(c1ccccc1)N(Cc1ccc(OC)cc1)C(=O)CN(Cc1ccccc1)S(C)(=O)=O. The van der Waals surface area contributed by atoms with E-state index in [0.717, 1.165) is 34.5 Å². The van der Waals surface area contributed by atoms with Crippen molar-refractivity contribution in [1.82, 2.24) is 14.5 Å². The van der Waals surface area contributed by atoms with E-state index in [0.29, 0.717) is 17.9 Å². The van der Waals surface area contributed by atoms with Gasteiger partial charge in [0.15, 0.2) is 0 Å². The number of hydrogen-bond acceptors (Lipinski definition) is 5. The molecule has 0 saturated heterocycles. The highest BCUT2D eigenvalue weighted by Gasteiger charge is 2.33. The molecule has 3 aromatic carbocycles. The molecule has 0 aromatic heterocycles. The molecule has 2 amide bonds. The highest BCUT2D eigenvalue weighted by Crippen LogP contribution is 2.25. The summed E-state index contributed by atoms with van der Waals surface area (Å²) >= 11 is 0. The standard InChI is InChI=1S/C30H37N3O5S/c1-4-5-20-31-30(35)29(26-14-10-7-11-15-26)33(22-25-16-18-27(38-2)19-17-25)28(34)23-32(39(3,36)37)21-24-12-8-6-9-13-24/h6-19,29H,4-5,20-23H2,1-3H3,(H,31,35). The number of nitrogens with one attached hydrogen (secondary N) is 1. The van der Waals surface area contributed by atoms with Crippen molar-refractivity contribution in [2.45, 2.75) is 38.9 Å². The van der Waals surface area contributed by atoms with Gasteiger partial charge in [0, 0.05) is 19.6 Å². The molecule has 0 aliphatic carbocycles. The largest absolute Gasteiger partial charge is 0.497 e. The van der Waals surface area contributed by atoms with Crippen LogP contribution in [0, 0.1) is 0 Å². The van der Waals surface area contributed by atoms with E-state index >= 15 is 0 Å². The van der Waals surface area contributed by atoms with Crippen LogP contribution in [0.4, 0.5) is 0 Å². The van der Waals surface area contributed by atoms with Crippen LogP contribution in [-0.4, -0.2) is 55.9 Å². The molecule has 0 fully saturated rings. The molecular weight excluding hydrogens is 514 g/mol. The number of carbonyl (C=O) groups excluding carboxylic acids is 2. The Morgan fingerprint density at radius 3 is 2.03 bits per heavy atom. The highest BCUT2D eigenvalue weighted by molar-refractivity contribution is 7.88. The van der Waals surface area contributed by atoms with Crippen molar-refractivity contribution < 1.29 is 22.7 Å². The number of ether oxygens (including phenoxy) is 1. The fourth-order valence-electron chi connectivity index (χ4n) is 4.16. The first-order valence-corrected chi connectivity index (χ1v) is 14.8. The first-order valence-electron chi connectivity index (χ1n) is 13.0. The molecule has 1 atom stereocenters. The Bertz CT molecular complexity index is 1300. The van der Waals surface area contributed by atoms with Crippen molar-refractivity contribution in [3.63, 3.8) is 0 Å². The molecule has 39 heavy (non-hydrogen) atoms. The van der Waals surface area contributed by atoms with Gasteiger partial charge in [-0.15, -0.1) is 0 Å². The third kappa shape index (κ3) is 8.94. The van der Waals surface area contributed by atoms with Gasteiger partial charge in [-0.1, -0.05) is 86.1 Å². The molecule has 0 heterocycles. The summed E-state index contributed by atoms with van der Waals surface area (Å²) in [4.78, 5) is 29.0. The van der Waals surface area contributed by atoms with E-state index in [4.69, 9.17) is 4.74 Å². The fourth-order valence-corrected chi connectivity index (χ4v) is 4.89. The smallest absolute Gasteiger partial charge is 0.247 e. The molecule has 0 radical (unpaired) electrons. The first-order chi connectivity index (χ1) is 18.7. The molecule has 0 bridgehead atoms. The molecule has 1 unspecified atom stereocenters. The van der Waals surface area contributed by atoms with Crippen LogP contribution in [0.25, 0.3) is 0 Å². The summed E-state index contributed by atoms with van der Waals surface area (Å²) in [7, 11) is -2.16. The fraction of sp³-hybridized carbons (Fsp3) is 0.333. The second-order valence-corrected chi connectivity index (χ2v) is 11.3. The maximum atomic E-state index is 14.0. The molecule has 3 rings (SSSR count). The Kier molecular flexibility index (Phi) is 11.1. The van der Waals surface area contributed by atoms with E-state index in [1.54, 1.807) is 31.4 Å². The van der Waals surface area contributed by atoms with Crippen LogP contribution in [0.1, 0.15) is 42.5 Å². The Balaban J connectivity index is 2.00. The number of amides is 2. The van der Waals surface area contributed by atoms with Gasteiger partial charge < -0.3 is 15.0 Å². The molecular formula is C30H37N3O5S. The Hall–Kier alpha value is -3.69. The summed E-state index contributed by atoms with van der Waals surface area (Å²) in [5, 5.41) is 2.96. The summed E-state index contributed by atoms with van der Waals surface area (Å²) in [5.74, 6) is -0.128. The predicted octanol–water partition coefficient (Wildman–Crippen LogP) is 4.14. The quantitative estimate of drug-likeness (QED) is 0.304. The van der Waals surface area contributed by atoms with Gasteiger partial charge in [0.1, 0.15) is 11.8 Å². The first kappa shape index (κ1) is 29.9. The van der Waals surface area contributed by atoms with Gasteiger partial charge in [0.2, 0.25) is 21.8 Å². The van der Waals surface area contributed by atoms with Crippen LogP contribution in [-0.2, 0) is 32.7 Å². The molecule has 8 nitrogen and oxygen atoms in total. The van der Waals surface area contributed by atoms with E-state index in [1.165, 1.54) is 4.90 Å². The van der Waals surface area contributed by atoms with Crippen molar-refractivity contribution in [2.75, 3.05) is 26.5 Å². The van der Waals surface area contributed by atoms with Crippen molar-refractivity contribution in [1.29, 1.82) is 0 Å². The van der Waals surface area contributed by atoms with E-state index in [9.17, 15) is 18.0 Å². The predicted molar refractivity (Wildman–Crippen MR) is 152 cm³/mol. The van der Waals surface area contributed by atoms with Crippen molar-refractivity contribution >= 4 is 21.8 Å². The molecule has 208 valence electrons. The zero-order valence-corrected chi connectivity index (χ0v) is 23.6. The third-order valence-electron chi connectivity index (χ3n) is 6.32. The zero-order chi connectivity index (χ0) is 28.3. The topological polar surface area (TPSA) is 96.0 Å². The van der Waals surface area contributed by atoms with Crippen LogP contribution >= 0.6 is 0 Å². The summed E-state index contributed by atoms with van der Waals surface area (Å²) in [5.41, 5.74) is 2.18. The highest BCUT2D eigenvalue weighted by atomic mass is 32.2. The number of sulfonamides is 1. The van der Waals surface area contributed by atoms with Gasteiger partial charge in [0.05, 0.1) is 19.9 Å². The van der Waals surface area contributed by atoms with Crippen molar-refractivity contribution in [2.24, 2.45) is 0 Å². The van der Waals surface area contributed by atoms with Crippen LogP contribution in [0.2, 0.25) is 0 Å². The Morgan fingerprint density at radius 2 is 1.46 bits per heavy atom. The summed E-state index contributed by atoms with van der Waals surface area (Å²) in [6.07, 6.45) is 2.80. The van der Waals surface area contributed by atoms with Gasteiger partial charge in [0.25, 0.3) is 0 Å². The number of methoxy groups -OCH3 is 1. The maximum Gasteiger partial charge on any atom is 0.247 e. The minimum absolute atomic E-state index is 0.0422. The number of hydrogen-bond donors (Lipinski definition) is 1. The third-order valence-corrected chi connectivity index (χ3v) is 7.52. The van der Waals surface area contributed by atoms with Crippen molar-refractivity contribution in [3.8, 4) is 5.75 Å². The molecule has 0 aliphatic heterocycles. The van der Waals surface area contributed by atoms with Gasteiger partial charge in [-0.2, -0.15) is 4.31 Å². The average molecular weight is 552 g/mol. The van der Waals surface area contributed by atoms with E-state index < -0.39 is 28.5 Å². The lowest BCUT2D eigenvalue weighted by Crippen LogP contribution is -2.47. The van der Waals surface area contributed by atoms with Crippen LogP contribution < -0.4 is 10.1 Å². The average Bonchev–Trinajstić information content (AvgIpc) is 2.93. The van der Waals surface area contributed by atoms with E-state index in [-0.39, 0.29) is 19.0 Å². The molecule has 3 aromatic rings. The lowest BCUT2D eigenvalue weighted by atomic mass is 10.0. The Labute approximate surface area is 231 Å². The lowest BCUT2D eigenvalue weighted by molar-refractivity contribution is -0.141. The zero-order valence-electron chi connectivity index (χ0n) is 22.7. The van der Waals surface area contributed by atoms with Gasteiger partial charge in [-0.3, -0.25) is 9.59 Å². The van der Waals surface area contributed by atoms with Crippen LogP contribution in [0.3, 0.4) is 0 Å². The van der Waals surface area contributed by atoms with Gasteiger partial charge in [-0.05, 0) is 35.2 Å². The molecule has 0 aliphatic rings. The van der Waals surface area contributed by atoms with E-state index in [2.05, 4.69) is 5.32 Å². The van der Waals surface area contributed by atoms with E-state index in [1.807, 2.05) is 67.6 Å². The second kappa shape index (κ2) is 14.5. The summed E-state index contributed by atoms with van der Waals surface area (Å²) in [6, 6.07) is 24.5. The monoisotopic (exact) mass is 551 g/mol. The lowest BCUT2D eigenvalue weighted by Gasteiger charge is -2.33. The molecule has 0 spiro atoms. The number of nitrogens with zero attached hydrogens (tertiary/aromatic N) is 2. The molecule has 0 saturated carbocycles. The minimum atomic E-state index is -3.73. The van der Waals surface area contributed by atoms with Crippen LogP contribution in [0.15, 0.2) is 84.9 Å². The number of unbranched alkanes of at least 4 members (excludes halogenated alkanes) is 1. The second-order valence-electron chi connectivity index (χ2n) is 9.34. The number of carbonyl (C=O) groups is 2. The van der Waals surface area contributed by atoms with Gasteiger partial charge >= 0.3 is 0 Å². The summed E-state index contributed by atoms with van der Waals surface area (Å²) < 4.78 is 31.9. The maximum absolute atomic E-state index is 14.0. The van der Waals surface area contributed by atoms with Crippen molar-refractivity contribution in [3.05, 3.63) is 102 Å². The molecule has 9 heteroatoms. The number of rotatable bonds is 14. The minimum Gasteiger partial charge on any atom is -0.497 e. The normalized spacial score (nSPS) is 12.1. The molecule has 1 N–H and O–H groups in total. The van der Waals surface area contributed by atoms with Crippen LogP contribution in [0.5, 0.6) is 5.75 Å².